The minimum atomic E-state index is -1.77. The van der Waals surface area contributed by atoms with Gasteiger partial charge in [-0.05, 0) is 6.08 Å². The Kier molecular flexibility index (Phi) is 1.81. The Morgan fingerprint density at radius 2 is 2.30 bits per heavy atom. The van der Waals surface area contributed by atoms with Crippen LogP contribution in [0.25, 0.3) is 0 Å². The van der Waals surface area contributed by atoms with E-state index < -0.39 is 17.9 Å². The molecule has 1 aliphatic carbocycles. The molecule has 10 heavy (non-hydrogen) atoms. The fourth-order valence-electron chi connectivity index (χ4n) is 0.737. The second kappa shape index (κ2) is 2.61. The summed E-state index contributed by atoms with van der Waals surface area (Å²) in [5, 5.41) is 8.24. The normalized spacial score (nSPS) is 31.1. The lowest BCUT2D eigenvalue weighted by Gasteiger charge is -2.10. The van der Waals surface area contributed by atoms with Crippen LogP contribution in [0.1, 0.15) is 0 Å². The molecule has 1 nitrogen and oxygen atoms in total. The van der Waals surface area contributed by atoms with E-state index in [0.717, 1.165) is 6.08 Å². The maximum absolute atomic E-state index is 12.5. The zero-order chi connectivity index (χ0) is 7.56. The predicted molar refractivity (Wildman–Crippen MR) is 32.3 cm³/mol. The highest BCUT2D eigenvalue weighted by Gasteiger charge is 2.24. The van der Waals surface area contributed by atoms with E-state index in [9.17, 15) is 8.78 Å². The molecule has 0 heterocycles. The van der Waals surface area contributed by atoms with E-state index in [1.165, 1.54) is 12.2 Å². The number of alkyl halides is 1. The minimum absolute atomic E-state index is 0.867. The quantitative estimate of drug-likeness (QED) is 0.505. The van der Waals surface area contributed by atoms with Gasteiger partial charge in [0, 0.05) is 0 Å². The maximum Gasteiger partial charge on any atom is 0.170 e. The third kappa shape index (κ3) is 1.06. The molecule has 0 bridgehead atoms. The summed E-state index contributed by atoms with van der Waals surface area (Å²) in [5.41, 5.74) is 0. The van der Waals surface area contributed by atoms with Gasteiger partial charge in [0.25, 0.3) is 0 Å². The first-order valence-electron chi connectivity index (χ1n) is 2.83. The van der Waals surface area contributed by atoms with Crippen LogP contribution in [-0.4, -0.2) is 6.17 Å². The van der Waals surface area contributed by atoms with Gasteiger partial charge >= 0.3 is 0 Å². The molecule has 1 aliphatic rings. The van der Waals surface area contributed by atoms with Gasteiger partial charge in [-0.3, -0.25) is 0 Å². The molecule has 0 amide bonds. The van der Waals surface area contributed by atoms with Crippen LogP contribution in [0.5, 0.6) is 0 Å². The van der Waals surface area contributed by atoms with E-state index in [-0.39, 0.29) is 0 Å². The molecular formula is C7H5F2N. The van der Waals surface area contributed by atoms with Gasteiger partial charge in [0.2, 0.25) is 0 Å². The van der Waals surface area contributed by atoms with E-state index in [1.807, 2.05) is 0 Å². The molecule has 0 aromatic carbocycles. The molecule has 0 aromatic rings. The highest BCUT2D eigenvalue weighted by Crippen LogP contribution is 2.22. The number of hydrogen-bond acceptors (Lipinski definition) is 1. The third-order valence-corrected chi connectivity index (χ3v) is 1.30. The van der Waals surface area contributed by atoms with Crippen LogP contribution in [0.15, 0.2) is 24.1 Å². The number of nitrogens with zero attached hydrogens (tertiary/aromatic N) is 1. The number of hydrogen-bond donors (Lipinski definition) is 0. The fraction of sp³-hybridized carbons (Fsp3) is 0.286. The van der Waals surface area contributed by atoms with E-state index in [0.29, 0.717) is 0 Å². The molecule has 2 atom stereocenters. The van der Waals surface area contributed by atoms with Crippen LogP contribution in [0.3, 0.4) is 0 Å². The second-order valence-electron chi connectivity index (χ2n) is 1.99. The number of allylic oxidation sites excluding steroid dienone is 4. The van der Waals surface area contributed by atoms with Gasteiger partial charge < -0.3 is 0 Å². The molecule has 0 spiro atoms. The van der Waals surface area contributed by atoms with Crippen LogP contribution >= 0.6 is 0 Å². The van der Waals surface area contributed by atoms with E-state index in [2.05, 4.69) is 0 Å². The SMILES string of the molecule is N#CC1C=CC=C(F)C1F. The summed E-state index contributed by atoms with van der Waals surface area (Å²) in [6.45, 7) is 0. The first-order chi connectivity index (χ1) is 4.75. The predicted octanol–water partition coefficient (Wildman–Crippen LogP) is 1.89. The molecule has 0 saturated heterocycles. The Labute approximate surface area is 57.3 Å². The van der Waals surface area contributed by atoms with Gasteiger partial charge in [-0.1, -0.05) is 12.2 Å². The van der Waals surface area contributed by atoms with Crippen LogP contribution in [0, 0.1) is 17.2 Å². The van der Waals surface area contributed by atoms with Gasteiger partial charge in [0.05, 0.1) is 6.07 Å². The lowest BCUT2D eigenvalue weighted by atomic mass is 10.00. The smallest absolute Gasteiger partial charge is 0.170 e. The van der Waals surface area contributed by atoms with Crippen LogP contribution < -0.4 is 0 Å². The average Bonchev–Trinajstić information content (AvgIpc) is 1.95. The van der Waals surface area contributed by atoms with Gasteiger partial charge in [-0.25, -0.2) is 8.78 Å². The lowest BCUT2D eigenvalue weighted by molar-refractivity contribution is 0.291. The molecule has 52 valence electrons. The summed E-state index contributed by atoms with van der Waals surface area (Å²) in [4.78, 5) is 0. The highest BCUT2D eigenvalue weighted by atomic mass is 19.2. The average molecular weight is 141 g/mol. The summed E-state index contributed by atoms with van der Waals surface area (Å²) in [6.07, 6.45) is 1.95. The summed E-state index contributed by atoms with van der Waals surface area (Å²) >= 11 is 0. The minimum Gasteiger partial charge on any atom is -0.238 e. The zero-order valence-corrected chi connectivity index (χ0v) is 5.09. The molecule has 2 unspecified atom stereocenters. The fourth-order valence-corrected chi connectivity index (χ4v) is 0.737. The van der Waals surface area contributed by atoms with Crippen LogP contribution in [0.2, 0.25) is 0 Å². The number of nitriles is 1. The highest BCUT2D eigenvalue weighted by molar-refractivity contribution is 5.24. The monoisotopic (exact) mass is 141 g/mol. The van der Waals surface area contributed by atoms with E-state index in [4.69, 9.17) is 5.26 Å². The summed E-state index contributed by atoms with van der Waals surface area (Å²) in [6, 6.07) is 1.64. The lowest BCUT2D eigenvalue weighted by Crippen LogP contribution is -2.14. The van der Waals surface area contributed by atoms with Crippen molar-refractivity contribution in [1.82, 2.24) is 0 Å². The van der Waals surface area contributed by atoms with Crippen molar-refractivity contribution in [2.24, 2.45) is 5.92 Å². The van der Waals surface area contributed by atoms with Crippen molar-refractivity contribution in [3.63, 3.8) is 0 Å². The summed E-state index contributed by atoms with van der Waals surface area (Å²) in [7, 11) is 0. The molecule has 0 radical (unpaired) electrons. The van der Waals surface area contributed by atoms with Crippen molar-refractivity contribution in [3.8, 4) is 6.07 Å². The van der Waals surface area contributed by atoms with E-state index >= 15 is 0 Å². The van der Waals surface area contributed by atoms with Crippen molar-refractivity contribution in [2.45, 2.75) is 6.17 Å². The largest absolute Gasteiger partial charge is 0.238 e. The molecule has 0 saturated carbocycles. The van der Waals surface area contributed by atoms with Crippen molar-refractivity contribution in [1.29, 1.82) is 5.26 Å². The van der Waals surface area contributed by atoms with Crippen molar-refractivity contribution < 1.29 is 8.78 Å². The standard InChI is InChI=1S/C7H5F2N/c8-6-3-1-2-5(4-10)7(6)9/h1-3,5,7H. The van der Waals surface area contributed by atoms with Crippen LogP contribution in [-0.2, 0) is 0 Å². The van der Waals surface area contributed by atoms with Crippen LogP contribution in [0.4, 0.5) is 8.78 Å². The maximum atomic E-state index is 12.5. The first kappa shape index (κ1) is 6.94. The molecule has 0 fully saturated rings. The van der Waals surface area contributed by atoms with Crippen molar-refractivity contribution in [2.75, 3.05) is 0 Å². The van der Waals surface area contributed by atoms with Gasteiger partial charge in [0.1, 0.15) is 11.7 Å². The number of rotatable bonds is 0. The molecular weight excluding hydrogens is 136 g/mol. The molecule has 0 aromatic heterocycles. The number of halogens is 2. The first-order valence-corrected chi connectivity index (χ1v) is 2.83. The Morgan fingerprint density at radius 1 is 1.60 bits per heavy atom. The molecule has 0 N–H and O–H groups in total. The Bertz CT molecular complexity index is 224. The Morgan fingerprint density at radius 3 is 2.80 bits per heavy atom. The summed E-state index contributed by atoms with van der Waals surface area (Å²) in [5.74, 6) is -1.82. The van der Waals surface area contributed by atoms with Crippen molar-refractivity contribution in [3.05, 3.63) is 24.1 Å². The van der Waals surface area contributed by atoms with Gasteiger partial charge in [-0.2, -0.15) is 5.26 Å². The van der Waals surface area contributed by atoms with Gasteiger partial charge in [-0.15, -0.1) is 0 Å². The zero-order valence-electron chi connectivity index (χ0n) is 5.09. The molecule has 0 aliphatic heterocycles. The topological polar surface area (TPSA) is 23.8 Å². The molecule has 3 heteroatoms. The van der Waals surface area contributed by atoms with Crippen molar-refractivity contribution >= 4 is 0 Å². The second-order valence-corrected chi connectivity index (χ2v) is 1.99. The molecule has 1 rings (SSSR count). The summed E-state index contributed by atoms with van der Waals surface area (Å²) < 4.78 is 24.8. The van der Waals surface area contributed by atoms with Gasteiger partial charge in [0.15, 0.2) is 6.17 Å². The third-order valence-electron chi connectivity index (χ3n) is 1.30. The Balaban J connectivity index is 2.80. The van der Waals surface area contributed by atoms with E-state index in [1.54, 1.807) is 6.07 Å². The Hall–Kier alpha value is -1.17.